The van der Waals surface area contributed by atoms with Crippen molar-refractivity contribution in [3.63, 3.8) is 0 Å². The van der Waals surface area contributed by atoms with Crippen LogP contribution < -0.4 is 0 Å². The first-order chi connectivity index (χ1) is 5.33. The van der Waals surface area contributed by atoms with E-state index in [1.165, 1.54) is 25.7 Å². The van der Waals surface area contributed by atoms with Crippen LogP contribution in [0, 0.1) is 0 Å². The molecule has 0 bridgehead atoms. The van der Waals surface area contributed by atoms with Gasteiger partial charge in [-0.25, -0.2) is 0 Å². The molecule has 1 aliphatic carbocycles. The molecule has 62 valence electrons. The van der Waals surface area contributed by atoms with Crippen LogP contribution in [0.2, 0.25) is 0 Å². The summed E-state index contributed by atoms with van der Waals surface area (Å²) in [5, 5.41) is 0. The van der Waals surface area contributed by atoms with Gasteiger partial charge in [0.05, 0.1) is 12.2 Å². The molecule has 11 heavy (non-hydrogen) atoms. The van der Waals surface area contributed by atoms with E-state index in [0.29, 0.717) is 18.3 Å². The van der Waals surface area contributed by atoms with Crippen LogP contribution in [0.3, 0.4) is 0 Å². The molecule has 1 saturated carbocycles. The largest absolute Gasteiger partial charge is 0.367 e. The molecule has 2 aliphatic heterocycles. The Bertz CT molecular complexity index is 192. The van der Waals surface area contributed by atoms with E-state index < -0.39 is 0 Å². The molecule has 2 nitrogen and oxygen atoms in total. The first-order valence-corrected chi connectivity index (χ1v) is 4.66. The van der Waals surface area contributed by atoms with Crippen molar-refractivity contribution in [1.29, 1.82) is 0 Å². The highest BCUT2D eigenvalue weighted by atomic mass is 16.7. The quantitative estimate of drug-likeness (QED) is 0.534. The van der Waals surface area contributed by atoms with Gasteiger partial charge < -0.3 is 9.47 Å². The normalized spacial score (nSPS) is 60.3. The van der Waals surface area contributed by atoms with Gasteiger partial charge in [-0.1, -0.05) is 12.8 Å². The van der Waals surface area contributed by atoms with Gasteiger partial charge >= 0.3 is 0 Å². The van der Waals surface area contributed by atoms with E-state index in [1.54, 1.807) is 0 Å². The van der Waals surface area contributed by atoms with Crippen LogP contribution in [0.15, 0.2) is 0 Å². The van der Waals surface area contributed by atoms with Gasteiger partial charge in [-0.05, 0) is 19.8 Å². The minimum Gasteiger partial charge on any atom is -0.367 e. The van der Waals surface area contributed by atoms with E-state index in [4.69, 9.17) is 9.47 Å². The second kappa shape index (κ2) is 1.80. The number of epoxide rings is 2. The second-order valence-electron chi connectivity index (χ2n) is 4.07. The Labute approximate surface area is 66.9 Å². The fourth-order valence-electron chi connectivity index (χ4n) is 2.58. The monoisotopic (exact) mass is 154 g/mol. The highest BCUT2D eigenvalue weighted by molar-refractivity contribution is 5.16. The number of fused-ring (bicyclic) bond motifs is 1. The molecule has 3 fully saturated rings. The molecule has 0 amide bonds. The Morgan fingerprint density at radius 1 is 1.36 bits per heavy atom. The third kappa shape index (κ3) is 0.744. The average Bonchev–Trinajstić information content (AvgIpc) is 2.82. The Morgan fingerprint density at radius 3 is 2.82 bits per heavy atom. The Balaban J connectivity index is 1.76. The van der Waals surface area contributed by atoms with Crippen LogP contribution in [0.1, 0.15) is 32.6 Å². The van der Waals surface area contributed by atoms with E-state index in [-0.39, 0.29) is 5.60 Å². The van der Waals surface area contributed by atoms with Gasteiger partial charge in [0.15, 0.2) is 0 Å². The summed E-state index contributed by atoms with van der Waals surface area (Å²) in [5.74, 6) is 0. The van der Waals surface area contributed by atoms with Crippen molar-refractivity contribution >= 4 is 0 Å². The van der Waals surface area contributed by atoms with Crippen molar-refractivity contribution in [2.75, 3.05) is 0 Å². The first-order valence-electron chi connectivity index (χ1n) is 4.66. The maximum absolute atomic E-state index is 5.73. The molecule has 2 saturated heterocycles. The van der Waals surface area contributed by atoms with Crippen LogP contribution in [0.5, 0.6) is 0 Å². The number of hydrogen-bond donors (Lipinski definition) is 0. The van der Waals surface area contributed by atoms with Crippen molar-refractivity contribution in [3.05, 3.63) is 0 Å². The molecule has 0 aromatic heterocycles. The number of ether oxygens (including phenoxy) is 2. The van der Waals surface area contributed by atoms with E-state index in [9.17, 15) is 0 Å². The average molecular weight is 154 g/mol. The van der Waals surface area contributed by atoms with Gasteiger partial charge in [0.1, 0.15) is 11.7 Å². The molecule has 2 heterocycles. The van der Waals surface area contributed by atoms with Gasteiger partial charge in [0.25, 0.3) is 0 Å². The van der Waals surface area contributed by atoms with Crippen molar-refractivity contribution < 1.29 is 9.47 Å². The van der Waals surface area contributed by atoms with Crippen LogP contribution in [0.4, 0.5) is 0 Å². The van der Waals surface area contributed by atoms with Crippen LogP contribution >= 0.6 is 0 Å². The minimum absolute atomic E-state index is 0.206. The first kappa shape index (κ1) is 6.44. The fourth-order valence-corrected chi connectivity index (χ4v) is 2.58. The van der Waals surface area contributed by atoms with E-state index in [1.807, 2.05) is 0 Å². The summed E-state index contributed by atoms with van der Waals surface area (Å²) in [5.41, 5.74) is 0.206. The maximum atomic E-state index is 5.73. The van der Waals surface area contributed by atoms with Gasteiger partial charge in [0.2, 0.25) is 0 Å². The van der Waals surface area contributed by atoms with Gasteiger partial charge in [0, 0.05) is 0 Å². The lowest BCUT2D eigenvalue weighted by Gasteiger charge is -2.14. The summed E-state index contributed by atoms with van der Waals surface area (Å²) < 4.78 is 11.2. The van der Waals surface area contributed by atoms with Gasteiger partial charge in [-0.3, -0.25) is 0 Å². The molecule has 0 aromatic carbocycles. The number of rotatable bonds is 1. The highest BCUT2D eigenvalue weighted by Gasteiger charge is 2.68. The molecule has 0 radical (unpaired) electrons. The topological polar surface area (TPSA) is 25.1 Å². The molecule has 4 atom stereocenters. The van der Waals surface area contributed by atoms with E-state index in [2.05, 4.69) is 6.92 Å². The third-order valence-electron chi connectivity index (χ3n) is 3.33. The van der Waals surface area contributed by atoms with Crippen molar-refractivity contribution in [2.45, 2.75) is 56.5 Å². The SMILES string of the molecule is CC1OC1C12CCCCC1O2. The molecular formula is C9H14O2. The zero-order valence-electron chi connectivity index (χ0n) is 6.88. The molecule has 4 unspecified atom stereocenters. The van der Waals surface area contributed by atoms with Crippen molar-refractivity contribution in [1.82, 2.24) is 0 Å². The van der Waals surface area contributed by atoms with Crippen molar-refractivity contribution in [3.8, 4) is 0 Å². The van der Waals surface area contributed by atoms with Crippen molar-refractivity contribution in [2.24, 2.45) is 0 Å². The molecule has 0 aromatic rings. The molecule has 0 spiro atoms. The van der Waals surface area contributed by atoms with E-state index >= 15 is 0 Å². The van der Waals surface area contributed by atoms with Gasteiger partial charge in [-0.15, -0.1) is 0 Å². The summed E-state index contributed by atoms with van der Waals surface area (Å²) in [6.07, 6.45) is 6.69. The lowest BCUT2D eigenvalue weighted by atomic mass is 9.86. The summed E-state index contributed by atoms with van der Waals surface area (Å²) >= 11 is 0. The smallest absolute Gasteiger partial charge is 0.123 e. The van der Waals surface area contributed by atoms with Crippen LogP contribution in [-0.4, -0.2) is 23.9 Å². The third-order valence-corrected chi connectivity index (χ3v) is 3.33. The number of hydrogen-bond acceptors (Lipinski definition) is 2. The zero-order valence-corrected chi connectivity index (χ0v) is 6.88. The Morgan fingerprint density at radius 2 is 2.18 bits per heavy atom. The summed E-state index contributed by atoms with van der Waals surface area (Å²) in [7, 11) is 0. The van der Waals surface area contributed by atoms with Crippen LogP contribution in [0.25, 0.3) is 0 Å². The summed E-state index contributed by atoms with van der Waals surface area (Å²) in [6.45, 7) is 2.15. The molecule has 0 N–H and O–H groups in total. The zero-order chi connectivity index (χ0) is 7.47. The Hall–Kier alpha value is -0.0800. The predicted octanol–water partition coefficient (Wildman–Crippen LogP) is 1.49. The lowest BCUT2D eigenvalue weighted by molar-refractivity contribution is 0.223. The standard InChI is InChI=1S/C9H14O2/c1-6-8(10-6)9-5-3-2-4-7(9)11-9/h6-8H,2-5H2,1H3. The van der Waals surface area contributed by atoms with Gasteiger partial charge in [-0.2, -0.15) is 0 Å². The van der Waals surface area contributed by atoms with Crippen LogP contribution in [-0.2, 0) is 9.47 Å². The molecular weight excluding hydrogens is 140 g/mol. The summed E-state index contributed by atoms with van der Waals surface area (Å²) in [4.78, 5) is 0. The lowest BCUT2D eigenvalue weighted by Crippen LogP contribution is -2.26. The Kier molecular flexibility index (Phi) is 1.06. The molecule has 3 rings (SSSR count). The maximum Gasteiger partial charge on any atom is 0.123 e. The molecule has 2 heteroatoms. The predicted molar refractivity (Wildman–Crippen MR) is 40.4 cm³/mol. The molecule has 3 aliphatic rings. The van der Waals surface area contributed by atoms with E-state index in [0.717, 1.165) is 0 Å². The summed E-state index contributed by atoms with van der Waals surface area (Å²) in [6, 6.07) is 0. The fraction of sp³-hybridized carbons (Fsp3) is 1.00. The minimum atomic E-state index is 0.206. The second-order valence-corrected chi connectivity index (χ2v) is 4.07. The highest BCUT2D eigenvalue weighted by Crippen LogP contribution is 2.56.